The number of amides is 1. The highest BCUT2D eigenvalue weighted by atomic mass is 16.7. The number of benzene rings is 1. The topological polar surface area (TPSA) is 38.8 Å². The molecule has 0 unspecified atom stereocenters. The van der Waals surface area contributed by atoms with E-state index in [2.05, 4.69) is 0 Å². The van der Waals surface area contributed by atoms with Gasteiger partial charge in [0.2, 0.25) is 0 Å². The molecule has 1 saturated heterocycles. The van der Waals surface area contributed by atoms with Crippen LogP contribution in [0.15, 0.2) is 24.3 Å². The lowest BCUT2D eigenvalue weighted by molar-refractivity contribution is -0.0768. The van der Waals surface area contributed by atoms with Gasteiger partial charge >= 0.3 is 0 Å². The fraction of sp³-hybridized carbons (Fsp3) is 0.462. The molecule has 0 aliphatic carbocycles. The Morgan fingerprint density at radius 1 is 1.53 bits per heavy atom. The monoisotopic (exact) mass is 235 g/mol. The zero-order chi connectivity index (χ0) is 12.1. The van der Waals surface area contributed by atoms with Crippen molar-refractivity contribution in [3.63, 3.8) is 0 Å². The summed E-state index contributed by atoms with van der Waals surface area (Å²) in [6.07, 6.45) is 1.85. The molecule has 0 N–H and O–H groups in total. The smallest absolute Gasteiger partial charge is 0.277 e. The number of hydrogen-bond donors (Lipinski definition) is 0. The second kappa shape index (κ2) is 5.68. The molecule has 92 valence electrons. The first-order valence-electron chi connectivity index (χ1n) is 5.99. The number of carbonyl (C=O) groups excluding carboxylic acids is 1. The Morgan fingerprint density at radius 3 is 3.12 bits per heavy atom. The molecular formula is C13H17NO3. The summed E-state index contributed by atoms with van der Waals surface area (Å²) in [6, 6.07) is 7.23. The fourth-order valence-electron chi connectivity index (χ4n) is 1.69. The summed E-state index contributed by atoms with van der Waals surface area (Å²) in [5.74, 6) is 0.640. The predicted octanol–water partition coefficient (Wildman–Crippen LogP) is 2.25. The summed E-state index contributed by atoms with van der Waals surface area (Å²) in [5, 5.41) is 1.42. The maximum atomic E-state index is 12.0. The second-order valence-electron chi connectivity index (χ2n) is 3.97. The lowest BCUT2D eigenvalue weighted by atomic mass is 10.2. The minimum Gasteiger partial charge on any atom is -0.494 e. The molecule has 0 radical (unpaired) electrons. The van der Waals surface area contributed by atoms with E-state index in [4.69, 9.17) is 9.57 Å². The van der Waals surface area contributed by atoms with Crippen LogP contribution in [0.1, 0.15) is 30.1 Å². The third kappa shape index (κ3) is 2.97. The van der Waals surface area contributed by atoms with E-state index in [9.17, 15) is 4.79 Å². The third-order valence-corrected chi connectivity index (χ3v) is 2.53. The highest BCUT2D eigenvalue weighted by Crippen LogP contribution is 2.17. The maximum absolute atomic E-state index is 12.0. The van der Waals surface area contributed by atoms with Gasteiger partial charge in [-0.05, 0) is 31.0 Å². The average molecular weight is 235 g/mol. The Bertz CT molecular complexity index is 386. The normalized spacial score (nSPS) is 15.0. The highest BCUT2D eigenvalue weighted by molar-refractivity contribution is 5.94. The van der Waals surface area contributed by atoms with Crippen molar-refractivity contribution >= 4 is 5.91 Å². The molecule has 4 nitrogen and oxygen atoms in total. The van der Waals surface area contributed by atoms with Crippen LogP contribution in [-0.2, 0) is 4.84 Å². The largest absolute Gasteiger partial charge is 0.494 e. The third-order valence-electron chi connectivity index (χ3n) is 2.53. The molecule has 0 spiro atoms. The number of ether oxygens (including phenoxy) is 1. The summed E-state index contributed by atoms with van der Waals surface area (Å²) in [6.45, 7) is 4.00. The quantitative estimate of drug-likeness (QED) is 0.803. The molecule has 1 aliphatic heterocycles. The molecule has 0 atom stereocenters. The zero-order valence-corrected chi connectivity index (χ0v) is 10.0. The van der Waals surface area contributed by atoms with Crippen LogP contribution in [0.3, 0.4) is 0 Å². The lowest BCUT2D eigenvalue weighted by Crippen LogP contribution is -2.26. The van der Waals surface area contributed by atoms with E-state index < -0.39 is 0 Å². The van der Waals surface area contributed by atoms with Crippen molar-refractivity contribution in [1.29, 1.82) is 0 Å². The van der Waals surface area contributed by atoms with Gasteiger partial charge in [0.1, 0.15) is 5.75 Å². The fourth-order valence-corrected chi connectivity index (χ4v) is 1.69. The minimum atomic E-state index is -0.0931. The van der Waals surface area contributed by atoms with E-state index in [0.29, 0.717) is 25.3 Å². The van der Waals surface area contributed by atoms with Crippen molar-refractivity contribution < 1.29 is 14.4 Å². The zero-order valence-electron chi connectivity index (χ0n) is 10.0. The molecule has 17 heavy (non-hydrogen) atoms. The molecule has 0 saturated carbocycles. The van der Waals surface area contributed by atoms with Crippen LogP contribution in [0.25, 0.3) is 0 Å². The van der Waals surface area contributed by atoms with Gasteiger partial charge in [-0.1, -0.05) is 13.0 Å². The molecule has 1 aromatic rings. The lowest BCUT2D eigenvalue weighted by Gasteiger charge is -2.14. The van der Waals surface area contributed by atoms with Crippen LogP contribution >= 0.6 is 0 Å². The van der Waals surface area contributed by atoms with Gasteiger partial charge in [-0.15, -0.1) is 0 Å². The summed E-state index contributed by atoms with van der Waals surface area (Å²) in [4.78, 5) is 17.3. The van der Waals surface area contributed by atoms with E-state index in [1.807, 2.05) is 19.1 Å². The number of carbonyl (C=O) groups is 1. The second-order valence-corrected chi connectivity index (χ2v) is 3.97. The maximum Gasteiger partial charge on any atom is 0.277 e. The molecule has 1 amide bonds. The number of hydroxylamine groups is 2. The summed E-state index contributed by atoms with van der Waals surface area (Å²) in [7, 11) is 0. The molecule has 2 rings (SSSR count). The molecule has 0 aromatic heterocycles. The number of nitrogens with zero attached hydrogens (tertiary/aromatic N) is 1. The minimum absolute atomic E-state index is 0.0931. The van der Waals surface area contributed by atoms with Crippen molar-refractivity contribution in [1.82, 2.24) is 5.06 Å². The van der Waals surface area contributed by atoms with Crippen molar-refractivity contribution in [2.45, 2.75) is 19.8 Å². The average Bonchev–Trinajstić information content (AvgIpc) is 2.89. The molecule has 1 aliphatic rings. The molecule has 0 bridgehead atoms. The SMILES string of the molecule is CCCOc1cccc(C(=O)N2CCCO2)c1. The van der Waals surface area contributed by atoms with E-state index in [1.165, 1.54) is 5.06 Å². The van der Waals surface area contributed by atoms with Crippen LogP contribution in [0.5, 0.6) is 5.75 Å². The van der Waals surface area contributed by atoms with Gasteiger partial charge < -0.3 is 4.74 Å². The van der Waals surface area contributed by atoms with Crippen LogP contribution in [0, 0.1) is 0 Å². The van der Waals surface area contributed by atoms with E-state index >= 15 is 0 Å². The van der Waals surface area contributed by atoms with E-state index in [0.717, 1.165) is 18.6 Å². The van der Waals surface area contributed by atoms with Gasteiger partial charge in [0.25, 0.3) is 5.91 Å². The predicted molar refractivity (Wildman–Crippen MR) is 63.8 cm³/mol. The first-order valence-corrected chi connectivity index (χ1v) is 5.99. The van der Waals surface area contributed by atoms with E-state index in [-0.39, 0.29) is 5.91 Å². The molecule has 1 heterocycles. The van der Waals surface area contributed by atoms with Gasteiger partial charge in [-0.3, -0.25) is 9.63 Å². The molecule has 1 fully saturated rings. The number of rotatable bonds is 4. The van der Waals surface area contributed by atoms with Crippen molar-refractivity contribution in [3.05, 3.63) is 29.8 Å². The van der Waals surface area contributed by atoms with Gasteiger partial charge in [0, 0.05) is 5.56 Å². The molecule has 4 heteroatoms. The van der Waals surface area contributed by atoms with Gasteiger partial charge in [0.05, 0.1) is 19.8 Å². The summed E-state index contributed by atoms with van der Waals surface area (Å²) >= 11 is 0. The Hall–Kier alpha value is -1.55. The van der Waals surface area contributed by atoms with Gasteiger partial charge in [0.15, 0.2) is 0 Å². The Balaban J connectivity index is 2.06. The summed E-state index contributed by atoms with van der Waals surface area (Å²) < 4.78 is 5.50. The Kier molecular flexibility index (Phi) is 3.98. The number of hydrogen-bond acceptors (Lipinski definition) is 3. The van der Waals surface area contributed by atoms with Crippen LogP contribution in [0.4, 0.5) is 0 Å². The standard InChI is InChI=1S/C13H17NO3/c1-2-8-16-12-6-3-5-11(10-12)13(15)14-7-4-9-17-14/h3,5-6,10H,2,4,7-9H2,1H3. The first kappa shape index (κ1) is 11.9. The van der Waals surface area contributed by atoms with E-state index in [1.54, 1.807) is 12.1 Å². The van der Waals surface area contributed by atoms with Crippen LogP contribution in [0.2, 0.25) is 0 Å². The Labute approximate surface area is 101 Å². The van der Waals surface area contributed by atoms with Gasteiger partial charge in [-0.25, -0.2) is 5.06 Å². The summed E-state index contributed by atoms with van der Waals surface area (Å²) in [5.41, 5.74) is 0.612. The molecular weight excluding hydrogens is 218 g/mol. The van der Waals surface area contributed by atoms with Crippen LogP contribution < -0.4 is 4.74 Å². The van der Waals surface area contributed by atoms with Gasteiger partial charge in [-0.2, -0.15) is 0 Å². The Morgan fingerprint density at radius 2 is 2.41 bits per heavy atom. The first-order chi connectivity index (χ1) is 8.31. The van der Waals surface area contributed by atoms with Crippen molar-refractivity contribution in [2.75, 3.05) is 19.8 Å². The molecule has 1 aromatic carbocycles. The van der Waals surface area contributed by atoms with Crippen LogP contribution in [-0.4, -0.2) is 30.7 Å². The van der Waals surface area contributed by atoms with Crippen molar-refractivity contribution in [3.8, 4) is 5.75 Å². The van der Waals surface area contributed by atoms with Crippen molar-refractivity contribution in [2.24, 2.45) is 0 Å². The highest BCUT2D eigenvalue weighted by Gasteiger charge is 2.20.